The van der Waals surface area contributed by atoms with E-state index in [4.69, 9.17) is 5.11 Å². The van der Waals surface area contributed by atoms with Crippen LogP contribution in [0.1, 0.15) is 35.3 Å². The Morgan fingerprint density at radius 1 is 1.38 bits per heavy atom. The minimum atomic E-state index is -1.06. The summed E-state index contributed by atoms with van der Waals surface area (Å²) in [7, 11) is 0. The first-order chi connectivity index (χ1) is 9.97. The number of likely N-dealkylation sites (tertiary alicyclic amines) is 1. The molecule has 2 heterocycles. The molecule has 7 heteroatoms. The van der Waals surface area contributed by atoms with E-state index < -0.39 is 5.97 Å². The van der Waals surface area contributed by atoms with Crippen molar-refractivity contribution >= 4 is 29.1 Å². The lowest BCUT2D eigenvalue weighted by Crippen LogP contribution is -2.34. The molecular weight excluding hydrogens is 292 g/mol. The van der Waals surface area contributed by atoms with Gasteiger partial charge in [-0.25, -0.2) is 9.78 Å². The van der Waals surface area contributed by atoms with E-state index in [9.17, 15) is 14.4 Å². The highest BCUT2D eigenvalue weighted by atomic mass is 32.1. The first-order valence-electron chi connectivity index (χ1n) is 7.00. The molecule has 1 saturated heterocycles. The van der Waals surface area contributed by atoms with Crippen molar-refractivity contribution in [3.63, 3.8) is 0 Å². The number of hydrogen-bond acceptors (Lipinski definition) is 5. The summed E-state index contributed by atoms with van der Waals surface area (Å²) in [6.07, 6.45) is 2.02. The number of aromatic carboxylic acids is 1. The Balaban J connectivity index is 1.64. The number of amides is 2. The highest BCUT2D eigenvalue weighted by Crippen LogP contribution is 2.42. The number of aromatic nitrogens is 1. The average Bonchev–Trinajstić information content (AvgIpc) is 3.08. The van der Waals surface area contributed by atoms with Gasteiger partial charge in [0.25, 0.3) is 0 Å². The van der Waals surface area contributed by atoms with Gasteiger partial charge in [0.15, 0.2) is 5.69 Å². The molecule has 1 aliphatic heterocycles. The SMILES string of the molecule is CC1CC2C(=O)N(CCc3nc(C(=O)O)cs3)C(=O)C2C1. The molecule has 0 bridgehead atoms. The van der Waals surface area contributed by atoms with Gasteiger partial charge in [-0.15, -0.1) is 11.3 Å². The molecule has 21 heavy (non-hydrogen) atoms. The number of nitrogens with zero attached hydrogens (tertiary/aromatic N) is 2. The molecular formula is C14H16N2O4S. The summed E-state index contributed by atoms with van der Waals surface area (Å²) in [4.78, 5) is 40.6. The Kier molecular flexibility index (Phi) is 3.52. The standard InChI is InChI=1S/C14H16N2O4S/c1-7-4-8-9(5-7)13(18)16(12(8)17)3-2-11-15-10(6-21-11)14(19)20/h6-9H,2-5H2,1H3,(H,19,20). The summed E-state index contributed by atoms with van der Waals surface area (Å²) < 4.78 is 0. The molecule has 1 saturated carbocycles. The van der Waals surface area contributed by atoms with E-state index in [0.717, 1.165) is 12.8 Å². The largest absolute Gasteiger partial charge is 0.476 e. The molecule has 2 fully saturated rings. The molecule has 2 amide bonds. The van der Waals surface area contributed by atoms with Gasteiger partial charge in [-0.1, -0.05) is 6.92 Å². The van der Waals surface area contributed by atoms with Crippen LogP contribution in [0.2, 0.25) is 0 Å². The van der Waals surface area contributed by atoms with Gasteiger partial charge in [-0.3, -0.25) is 14.5 Å². The Bertz CT molecular complexity index is 588. The molecule has 2 unspecified atom stereocenters. The zero-order valence-corrected chi connectivity index (χ0v) is 12.4. The number of imide groups is 1. The van der Waals surface area contributed by atoms with Crippen LogP contribution < -0.4 is 0 Å². The third-order valence-electron chi connectivity index (χ3n) is 4.28. The predicted octanol–water partition coefficient (Wildman–Crippen LogP) is 1.41. The fourth-order valence-corrected chi connectivity index (χ4v) is 4.06. The van der Waals surface area contributed by atoms with E-state index in [2.05, 4.69) is 11.9 Å². The molecule has 2 aliphatic rings. The molecule has 1 N–H and O–H groups in total. The van der Waals surface area contributed by atoms with Crippen LogP contribution in [0.4, 0.5) is 0 Å². The summed E-state index contributed by atoms with van der Waals surface area (Å²) in [5.41, 5.74) is 0.0137. The van der Waals surface area contributed by atoms with Gasteiger partial charge in [0.2, 0.25) is 11.8 Å². The minimum absolute atomic E-state index is 0.0137. The normalized spacial score (nSPS) is 28.2. The highest BCUT2D eigenvalue weighted by Gasteiger charge is 2.51. The Morgan fingerprint density at radius 3 is 2.52 bits per heavy atom. The fraction of sp³-hybridized carbons (Fsp3) is 0.571. The van der Waals surface area contributed by atoms with E-state index in [0.29, 0.717) is 23.9 Å². The maximum atomic E-state index is 12.3. The van der Waals surface area contributed by atoms with Crippen LogP contribution in [0.5, 0.6) is 0 Å². The van der Waals surface area contributed by atoms with Crippen molar-refractivity contribution in [2.45, 2.75) is 26.2 Å². The monoisotopic (exact) mass is 308 g/mol. The smallest absolute Gasteiger partial charge is 0.355 e. The van der Waals surface area contributed by atoms with E-state index in [-0.39, 0.29) is 29.3 Å². The van der Waals surface area contributed by atoms with Crippen molar-refractivity contribution in [2.75, 3.05) is 6.54 Å². The summed E-state index contributed by atoms with van der Waals surface area (Å²) in [6.45, 7) is 2.37. The van der Waals surface area contributed by atoms with Crippen LogP contribution in [-0.2, 0) is 16.0 Å². The molecule has 2 atom stereocenters. The summed E-state index contributed by atoms with van der Waals surface area (Å²) in [5, 5.41) is 10.9. The van der Waals surface area contributed by atoms with Gasteiger partial charge >= 0.3 is 5.97 Å². The van der Waals surface area contributed by atoms with Gasteiger partial charge in [0.05, 0.1) is 16.8 Å². The van der Waals surface area contributed by atoms with E-state index in [1.807, 2.05) is 0 Å². The Labute approximate surface area is 125 Å². The topological polar surface area (TPSA) is 87.6 Å². The molecule has 1 aromatic rings. The van der Waals surface area contributed by atoms with Crippen molar-refractivity contribution in [1.29, 1.82) is 0 Å². The molecule has 112 valence electrons. The molecule has 1 aliphatic carbocycles. The van der Waals surface area contributed by atoms with Crippen molar-refractivity contribution < 1.29 is 19.5 Å². The summed E-state index contributed by atoms with van der Waals surface area (Å²) in [6, 6.07) is 0. The first kappa shape index (κ1) is 14.2. The lowest BCUT2D eigenvalue weighted by atomic mass is 10.00. The molecule has 6 nitrogen and oxygen atoms in total. The van der Waals surface area contributed by atoms with Gasteiger partial charge in [0.1, 0.15) is 0 Å². The van der Waals surface area contributed by atoms with Crippen LogP contribution >= 0.6 is 11.3 Å². The molecule has 0 radical (unpaired) electrons. The van der Waals surface area contributed by atoms with Gasteiger partial charge in [0, 0.05) is 18.3 Å². The number of hydrogen-bond donors (Lipinski definition) is 1. The van der Waals surface area contributed by atoms with Crippen molar-refractivity contribution in [3.8, 4) is 0 Å². The van der Waals surface area contributed by atoms with Gasteiger partial charge in [-0.05, 0) is 18.8 Å². The number of rotatable bonds is 4. The Morgan fingerprint density at radius 2 is 2.00 bits per heavy atom. The number of carbonyl (C=O) groups excluding carboxylic acids is 2. The van der Waals surface area contributed by atoms with E-state index in [1.165, 1.54) is 21.6 Å². The second-order valence-corrected chi connectivity index (χ2v) is 6.74. The highest BCUT2D eigenvalue weighted by molar-refractivity contribution is 7.09. The number of thiazole rings is 1. The maximum Gasteiger partial charge on any atom is 0.355 e. The lowest BCUT2D eigenvalue weighted by Gasteiger charge is -2.15. The van der Waals surface area contributed by atoms with Crippen LogP contribution in [0.3, 0.4) is 0 Å². The number of fused-ring (bicyclic) bond motifs is 1. The zero-order chi connectivity index (χ0) is 15.1. The lowest BCUT2D eigenvalue weighted by molar-refractivity contribution is -0.140. The Hall–Kier alpha value is -1.76. The average molecular weight is 308 g/mol. The van der Waals surface area contributed by atoms with Crippen molar-refractivity contribution in [3.05, 3.63) is 16.1 Å². The van der Waals surface area contributed by atoms with Gasteiger partial charge in [-0.2, -0.15) is 0 Å². The van der Waals surface area contributed by atoms with Crippen molar-refractivity contribution in [1.82, 2.24) is 9.88 Å². The third-order valence-corrected chi connectivity index (χ3v) is 5.19. The fourth-order valence-electron chi connectivity index (χ4n) is 3.30. The third kappa shape index (κ3) is 2.46. The maximum absolute atomic E-state index is 12.3. The summed E-state index contributed by atoms with van der Waals surface area (Å²) in [5.74, 6) is -1.04. The van der Waals surface area contributed by atoms with E-state index in [1.54, 1.807) is 0 Å². The van der Waals surface area contributed by atoms with Crippen molar-refractivity contribution in [2.24, 2.45) is 17.8 Å². The zero-order valence-electron chi connectivity index (χ0n) is 11.6. The van der Waals surface area contributed by atoms with Crippen LogP contribution in [-0.4, -0.2) is 39.3 Å². The second kappa shape index (κ2) is 5.22. The molecule has 0 spiro atoms. The molecule has 1 aromatic heterocycles. The molecule has 0 aromatic carbocycles. The predicted molar refractivity (Wildman–Crippen MR) is 74.9 cm³/mol. The summed E-state index contributed by atoms with van der Waals surface area (Å²) >= 11 is 1.24. The number of carbonyl (C=O) groups is 3. The quantitative estimate of drug-likeness (QED) is 0.850. The first-order valence-corrected chi connectivity index (χ1v) is 7.88. The molecule has 3 rings (SSSR count). The number of carboxylic acids is 1. The van der Waals surface area contributed by atoms with Crippen LogP contribution in [0.15, 0.2) is 5.38 Å². The van der Waals surface area contributed by atoms with Crippen LogP contribution in [0.25, 0.3) is 0 Å². The minimum Gasteiger partial charge on any atom is -0.476 e. The van der Waals surface area contributed by atoms with Crippen LogP contribution in [0, 0.1) is 17.8 Å². The van der Waals surface area contributed by atoms with E-state index >= 15 is 0 Å². The van der Waals surface area contributed by atoms with Gasteiger partial charge < -0.3 is 5.11 Å². The second-order valence-electron chi connectivity index (χ2n) is 5.80. The number of carboxylic acid groups (broad SMARTS) is 1.